The lowest BCUT2D eigenvalue weighted by Gasteiger charge is -2.22. The lowest BCUT2D eigenvalue weighted by molar-refractivity contribution is -0.133. The molecule has 0 aliphatic carbocycles. The minimum absolute atomic E-state index is 0.384. The number of halogens is 1. The molecule has 2 aromatic carbocycles. The first-order chi connectivity index (χ1) is 14.8. The van der Waals surface area contributed by atoms with E-state index in [2.05, 4.69) is 15.6 Å². The fourth-order valence-electron chi connectivity index (χ4n) is 3.43. The molecular formula is C22H19FN4O3S. The minimum atomic E-state index is -1.37. The van der Waals surface area contributed by atoms with Crippen LogP contribution in [0.3, 0.4) is 0 Å². The Bertz CT molecular complexity index is 1160. The second-order valence-electron chi connectivity index (χ2n) is 7.30. The molecule has 0 bridgehead atoms. The Morgan fingerprint density at radius 2 is 1.84 bits per heavy atom. The van der Waals surface area contributed by atoms with Crippen LogP contribution in [-0.2, 0) is 15.1 Å². The lowest BCUT2D eigenvalue weighted by Crippen LogP contribution is -2.42. The number of urea groups is 1. The number of carbonyl (C=O) groups is 3. The molecule has 3 aromatic rings. The second kappa shape index (κ2) is 7.92. The third kappa shape index (κ3) is 3.91. The van der Waals surface area contributed by atoms with Gasteiger partial charge in [-0.1, -0.05) is 53.8 Å². The second-order valence-corrected chi connectivity index (χ2v) is 8.30. The molecule has 2 heterocycles. The molecule has 0 saturated carbocycles. The molecule has 1 unspecified atom stereocenters. The molecule has 1 atom stereocenters. The number of hydrogen-bond acceptors (Lipinski definition) is 5. The predicted octanol–water partition coefficient (Wildman–Crippen LogP) is 3.66. The van der Waals surface area contributed by atoms with E-state index in [4.69, 9.17) is 0 Å². The zero-order valence-electron chi connectivity index (χ0n) is 16.8. The van der Waals surface area contributed by atoms with Crippen LogP contribution < -0.4 is 10.6 Å². The van der Waals surface area contributed by atoms with Crippen molar-refractivity contribution in [2.75, 3.05) is 11.9 Å². The molecule has 2 N–H and O–H groups in total. The van der Waals surface area contributed by atoms with Crippen molar-refractivity contribution in [3.05, 3.63) is 71.7 Å². The molecule has 0 radical (unpaired) electrons. The Hall–Kier alpha value is -3.59. The summed E-state index contributed by atoms with van der Waals surface area (Å²) in [4.78, 5) is 44.0. The van der Waals surface area contributed by atoms with Gasteiger partial charge in [-0.15, -0.1) is 0 Å². The van der Waals surface area contributed by atoms with Gasteiger partial charge in [0.1, 0.15) is 17.9 Å². The van der Waals surface area contributed by atoms with Gasteiger partial charge in [-0.2, -0.15) is 0 Å². The average Bonchev–Trinajstić information content (AvgIpc) is 3.21. The molecule has 1 saturated heterocycles. The van der Waals surface area contributed by atoms with Gasteiger partial charge in [0, 0.05) is 0 Å². The van der Waals surface area contributed by atoms with E-state index in [0.29, 0.717) is 10.7 Å². The highest BCUT2D eigenvalue weighted by molar-refractivity contribution is 7.19. The number of aryl methyl sites for hydroxylation is 1. The monoisotopic (exact) mass is 438 g/mol. The maximum absolute atomic E-state index is 13.2. The van der Waals surface area contributed by atoms with Gasteiger partial charge in [-0.05, 0) is 37.1 Å². The van der Waals surface area contributed by atoms with Gasteiger partial charge < -0.3 is 10.6 Å². The van der Waals surface area contributed by atoms with Crippen LogP contribution in [0.25, 0.3) is 10.4 Å². The van der Waals surface area contributed by atoms with E-state index in [9.17, 15) is 18.8 Å². The van der Waals surface area contributed by atoms with Gasteiger partial charge in [0.25, 0.3) is 5.91 Å². The normalized spacial score (nSPS) is 18.2. The highest BCUT2D eigenvalue weighted by Gasteiger charge is 2.49. The maximum atomic E-state index is 13.2. The Morgan fingerprint density at radius 1 is 1.16 bits per heavy atom. The molecule has 7 nitrogen and oxygen atoms in total. The first-order valence-electron chi connectivity index (χ1n) is 9.51. The Balaban J connectivity index is 1.47. The summed E-state index contributed by atoms with van der Waals surface area (Å²) < 4.78 is 13.2. The van der Waals surface area contributed by atoms with Crippen molar-refractivity contribution >= 4 is 34.3 Å². The first kappa shape index (κ1) is 20.7. The summed E-state index contributed by atoms with van der Waals surface area (Å²) in [5.74, 6) is -1.58. The highest BCUT2D eigenvalue weighted by atomic mass is 32.1. The number of carbonyl (C=O) groups excluding carboxylic acids is 3. The molecule has 158 valence electrons. The zero-order valence-corrected chi connectivity index (χ0v) is 17.6. The van der Waals surface area contributed by atoms with E-state index in [0.717, 1.165) is 21.0 Å². The molecule has 31 heavy (non-hydrogen) atoms. The lowest BCUT2D eigenvalue weighted by atomic mass is 9.92. The predicted molar refractivity (Wildman–Crippen MR) is 115 cm³/mol. The van der Waals surface area contributed by atoms with Gasteiger partial charge >= 0.3 is 6.03 Å². The van der Waals surface area contributed by atoms with Gasteiger partial charge in [0.2, 0.25) is 5.91 Å². The molecular weight excluding hydrogens is 419 g/mol. The van der Waals surface area contributed by atoms with E-state index in [-0.39, 0.29) is 0 Å². The molecule has 1 fully saturated rings. The van der Waals surface area contributed by atoms with Crippen LogP contribution in [0.4, 0.5) is 14.3 Å². The smallest absolute Gasteiger partial charge is 0.319 e. The molecule has 1 aliphatic heterocycles. The Kier molecular flexibility index (Phi) is 5.28. The summed E-state index contributed by atoms with van der Waals surface area (Å²) in [7, 11) is 0. The summed E-state index contributed by atoms with van der Waals surface area (Å²) >= 11 is 1.32. The van der Waals surface area contributed by atoms with Gasteiger partial charge in [0.15, 0.2) is 5.13 Å². The fraction of sp³-hybridized carbons (Fsp3) is 0.182. The van der Waals surface area contributed by atoms with Crippen molar-refractivity contribution in [3.8, 4) is 10.4 Å². The number of amides is 4. The quantitative estimate of drug-likeness (QED) is 0.595. The molecule has 0 spiro atoms. The molecule has 9 heteroatoms. The van der Waals surface area contributed by atoms with Crippen LogP contribution >= 0.6 is 11.3 Å². The van der Waals surface area contributed by atoms with Crippen LogP contribution in [0.2, 0.25) is 0 Å². The number of imide groups is 1. The minimum Gasteiger partial charge on any atom is -0.319 e. The van der Waals surface area contributed by atoms with Crippen molar-refractivity contribution in [3.63, 3.8) is 0 Å². The Labute approximate surface area is 181 Å². The van der Waals surface area contributed by atoms with Crippen molar-refractivity contribution in [1.29, 1.82) is 0 Å². The van der Waals surface area contributed by atoms with Gasteiger partial charge in [-0.25, -0.2) is 14.2 Å². The first-order valence-corrected chi connectivity index (χ1v) is 10.3. The maximum Gasteiger partial charge on any atom is 0.325 e. The number of rotatable bonds is 5. The molecule has 1 aromatic heterocycles. The third-order valence-corrected chi connectivity index (χ3v) is 6.20. The molecule has 4 amide bonds. The number of hydrogen-bond donors (Lipinski definition) is 2. The topological polar surface area (TPSA) is 91.4 Å². The summed E-state index contributed by atoms with van der Waals surface area (Å²) in [6, 6.07) is 14.3. The van der Waals surface area contributed by atoms with E-state index < -0.39 is 35.7 Å². The van der Waals surface area contributed by atoms with Gasteiger partial charge in [0.05, 0.1) is 10.6 Å². The van der Waals surface area contributed by atoms with Crippen LogP contribution in [0.5, 0.6) is 0 Å². The number of nitrogens with zero attached hydrogens (tertiary/aromatic N) is 2. The molecule has 4 rings (SSSR count). The highest BCUT2D eigenvalue weighted by Crippen LogP contribution is 2.33. The van der Waals surface area contributed by atoms with Crippen LogP contribution in [0, 0.1) is 12.7 Å². The van der Waals surface area contributed by atoms with Crippen molar-refractivity contribution < 1.29 is 18.8 Å². The fourth-order valence-corrected chi connectivity index (χ4v) is 4.42. The van der Waals surface area contributed by atoms with Crippen LogP contribution in [0.15, 0.2) is 54.6 Å². The number of benzene rings is 2. The van der Waals surface area contributed by atoms with E-state index in [1.54, 1.807) is 0 Å². The van der Waals surface area contributed by atoms with Crippen LogP contribution in [0.1, 0.15) is 18.2 Å². The van der Waals surface area contributed by atoms with E-state index in [1.165, 1.54) is 42.5 Å². The molecule has 1 aliphatic rings. The standard InChI is InChI=1S/C22H19FN4O3S/c1-13-18(14-6-4-3-5-7-14)31-20(24-13)25-17(28)12-27-19(29)22(2,26-21(27)30)15-8-10-16(23)11-9-15/h3-11H,12H2,1-2H3,(H,26,30)(H,24,25,28). The summed E-state index contributed by atoms with van der Waals surface area (Å²) in [5, 5.41) is 5.64. The van der Waals surface area contributed by atoms with Crippen LogP contribution in [-0.4, -0.2) is 34.3 Å². The third-order valence-electron chi connectivity index (χ3n) is 5.08. The number of nitrogens with one attached hydrogen (secondary N) is 2. The van der Waals surface area contributed by atoms with E-state index >= 15 is 0 Å². The number of anilines is 1. The summed E-state index contributed by atoms with van der Waals surface area (Å²) in [6.07, 6.45) is 0. The number of aromatic nitrogens is 1. The Morgan fingerprint density at radius 3 is 2.52 bits per heavy atom. The average molecular weight is 438 g/mol. The van der Waals surface area contributed by atoms with Crippen molar-refractivity contribution in [2.24, 2.45) is 0 Å². The van der Waals surface area contributed by atoms with Gasteiger partial charge in [-0.3, -0.25) is 14.5 Å². The van der Waals surface area contributed by atoms with Crippen molar-refractivity contribution in [1.82, 2.24) is 15.2 Å². The largest absolute Gasteiger partial charge is 0.325 e. The van der Waals surface area contributed by atoms with Crippen molar-refractivity contribution in [2.45, 2.75) is 19.4 Å². The SMILES string of the molecule is Cc1nc(NC(=O)CN2C(=O)NC(C)(c3ccc(F)cc3)C2=O)sc1-c1ccccc1. The van der Waals surface area contributed by atoms with E-state index in [1.807, 2.05) is 37.3 Å². The zero-order chi connectivity index (χ0) is 22.2. The summed E-state index contributed by atoms with van der Waals surface area (Å²) in [5.41, 5.74) is 0.814. The number of thiazole rings is 1. The summed E-state index contributed by atoms with van der Waals surface area (Å²) in [6.45, 7) is 2.91.